The first kappa shape index (κ1) is 78.4. The molecule has 34 nitrogen and oxygen atoms in total. The molecule has 0 spiro atoms. The molecule has 0 aromatic rings. The van der Waals surface area contributed by atoms with Gasteiger partial charge in [-0.05, 0) is 104 Å². The Balaban J connectivity index is 0.885. The molecule has 15 N–H and O–H groups in total. The summed E-state index contributed by atoms with van der Waals surface area (Å²) in [4.78, 5) is 67.4. The molecule has 0 radical (unpaired) electrons. The van der Waals surface area contributed by atoms with Gasteiger partial charge in [-0.2, -0.15) is 0 Å². The Hall–Kier alpha value is -3.71. The van der Waals surface area contributed by atoms with E-state index in [1.807, 2.05) is 0 Å². The normalized spacial score (nSPS) is 51.9. The first-order valence-corrected chi connectivity index (χ1v) is 34.8. The lowest BCUT2D eigenvalue weighted by molar-refractivity contribution is -0.377. The quantitative estimate of drug-likeness (QED) is 0.0204. The summed E-state index contributed by atoms with van der Waals surface area (Å²) < 4.78 is 83.7. The number of aliphatic carboxylic acids is 1. The van der Waals surface area contributed by atoms with Gasteiger partial charge in [-0.25, -0.2) is 4.79 Å². The highest BCUT2D eigenvalue weighted by Crippen LogP contribution is 2.76. The van der Waals surface area contributed by atoms with Crippen molar-refractivity contribution in [2.24, 2.45) is 50.2 Å². The molecule has 0 aromatic heterocycles. The molecule has 4 saturated carbocycles. The highest BCUT2D eigenvalue weighted by atomic mass is 16.8. The molecule has 11 aliphatic rings. The van der Waals surface area contributed by atoms with Crippen LogP contribution in [0.3, 0.4) is 0 Å². The van der Waals surface area contributed by atoms with Crippen LogP contribution < -0.4 is 0 Å². The second kappa shape index (κ2) is 29.5. The zero-order chi connectivity index (χ0) is 73.9. The topological polar surface area (TPSA) is 518 Å². The summed E-state index contributed by atoms with van der Waals surface area (Å²) in [7, 11) is 0. The van der Waals surface area contributed by atoms with E-state index in [9.17, 15) is 95.8 Å². The molecule has 6 heterocycles. The Morgan fingerprint density at radius 1 is 0.564 bits per heavy atom. The smallest absolute Gasteiger partial charge is 0.335 e. The van der Waals surface area contributed by atoms with E-state index >= 15 is 4.79 Å². The van der Waals surface area contributed by atoms with E-state index in [0.29, 0.717) is 38.5 Å². The molecule has 574 valence electrons. The first-order chi connectivity index (χ1) is 47.3. The number of aliphatic hydroxyl groups is 14. The Morgan fingerprint density at radius 2 is 1.16 bits per heavy atom. The van der Waals surface area contributed by atoms with Crippen LogP contribution in [0.1, 0.15) is 120 Å². The first-order valence-electron chi connectivity index (χ1n) is 34.8. The number of rotatable bonds is 18. The Morgan fingerprint density at radius 3 is 1.81 bits per heavy atom. The number of hydrogen-bond donors (Lipinski definition) is 15. The SMILES string of the molecule is CC(=O)OCC1OC(OC2C(OC(C)=O)COC(OC(=O)C34CCC(C)(C)CC3C3=CCC5C6(C)CCC(OC7OC(C(=O)O)C(O)C(O)C7OC7OC(CO)C(O)C(O)C7O)C(C)(C=O)C6CCC5(C)C3(C)CC4O)C2OC2OC(C)C(OC3OCC(O)C(O)C3O)C(O)C2O)C(O)C1O. The average Bonchev–Trinajstić information content (AvgIpc) is 0.884. The van der Waals surface area contributed by atoms with Crippen LogP contribution in [0.4, 0.5) is 0 Å². The second-order valence-electron chi connectivity index (χ2n) is 31.5. The standard InChI is InChI=1S/C67H102O34/c1-25-49(96-55-45(81)38(74)30(72)21-89-55)44(80)48(84)56(91-25)100-53-50(97-57-46(82)40(76)32(94-57)22-88-26(2)70)33(92-27(3)71)23-90-59(53)101-61(87)67-17-16-62(4,5)18-29(67)28-10-11-35-63(6)14-13-37(64(7,24-69)34(63)12-15-65(35,8)66(28,9)19-36(67)73)95-60-52(43(79)42(78)51(98-60)54(85)86)99-58-47(83)41(77)39(75)31(20-68)93-58/h10,24-25,29-53,55-60,68,72-84H,11-23H2,1-9H3,(H,85,86). The predicted molar refractivity (Wildman–Crippen MR) is 330 cm³/mol. The van der Waals surface area contributed by atoms with Gasteiger partial charge in [0.05, 0.1) is 43.5 Å². The van der Waals surface area contributed by atoms with Gasteiger partial charge in [-0.15, -0.1) is 0 Å². The van der Waals surface area contributed by atoms with Gasteiger partial charge in [0, 0.05) is 13.8 Å². The maximum Gasteiger partial charge on any atom is 0.335 e. The third-order valence-corrected chi connectivity index (χ3v) is 25.0. The number of carboxylic acid groups (broad SMARTS) is 1. The summed E-state index contributed by atoms with van der Waals surface area (Å²) in [5.74, 6) is -5.62. The number of hydrogen-bond acceptors (Lipinski definition) is 33. The van der Waals surface area contributed by atoms with Crippen molar-refractivity contribution in [1.82, 2.24) is 0 Å². The molecule has 5 aliphatic carbocycles. The average molecular weight is 1450 g/mol. The molecule has 37 unspecified atom stereocenters. The van der Waals surface area contributed by atoms with Crippen LogP contribution in [0.15, 0.2) is 11.6 Å². The van der Waals surface area contributed by atoms with Crippen LogP contribution in [-0.2, 0) is 90.3 Å². The minimum absolute atomic E-state index is 0.0200. The van der Waals surface area contributed by atoms with E-state index in [2.05, 4.69) is 40.7 Å². The number of aliphatic hydroxyl groups excluding tert-OH is 14. The number of fused-ring (bicyclic) bond motifs is 7. The Kier molecular flexibility index (Phi) is 22.9. The van der Waals surface area contributed by atoms with Gasteiger partial charge in [0.2, 0.25) is 6.29 Å². The number of carboxylic acids is 1. The largest absolute Gasteiger partial charge is 0.479 e. The predicted octanol–water partition coefficient (Wildman–Crippen LogP) is -4.06. The number of aldehydes is 1. The molecule has 101 heavy (non-hydrogen) atoms. The lowest BCUT2D eigenvalue weighted by Crippen LogP contribution is -2.69. The van der Waals surface area contributed by atoms with Crippen LogP contribution >= 0.6 is 0 Å². The van der Waals surface area contributed by atoms with Crippen LogP contribution in [0.2, 0.25) is 0 Å². The molecule has 6 aliphatic heterocycles. The molecule has 0 aromatic carbocycles. The fraction of sp³-hybridized carbons (Fsp3) is 0.896. The van der Waals surface area contributed by atoms with Crippen LogP contribution in [-0.4, -0.2) is 311 Å². The molecule has 37 atom stereocenters. The van der Waals surface area contributed by atoms with Gasteiger partial charge in [0.25, 0.3) is 0 Å². The van der Waals surface area contributed by atoms with Gasteiger partial charge in [0.15, 0.2) is 49.8 Å². The molecule has 6 saturated heterocycles. The van der Waals surface area contributed by atoms with E-state index in [-0.39, 0.29) is 25.2 Å². The molecule has 0 bridgehead atoms. The fourth-order valence-electron chi connectivity index (χ4n) is 19.1. The van der Waals surface area contributed by atoms with Gasteiger partial charge in [-0.3, -0.25) is 14.4 Å². The van der Waals surface area contributed by atoms with E-state index in [1.54, 1.807) is 6.92 Å². The lowest BCUT2D eigenvalue weighted by atomic mass is 9.33. The molecular weight excluding hydrogens is 1350 g/mol. The summed E-state index contributed by atoms with van der Waals surface area (Å²) in [5, 5.41) is 165. The fourth-order valence-corrected chi connectivity index (χ4v) is 19.1. The van der Waals surface area contributed by atoms with E-state index in [4.69, 9.17) is 66.3 Å². The lowest BCUT2D eigenvalue weighted by Gasteiger charge is -2.71. The minimum atomic E-state index is -2.13. The maximum absolute atomic E-state index is 16.1. The van der Waals surface area contributed by atoms with Crippen molar-refractivity contribution in [3.8, 4) is 0 Å². The van der Waals surface area contributed by atoms with Gasteiger partial charge in [0.1, 0.15) is 122 Å². The van der Waals surface area contributed by atoms with E-state index < -0.39 is 273 Å². The molecule has 34 heteroatoms. The zero-order valence-electron chi connectivity index (χ0n) is 57.8. The van der Waals surface area contributed by atoms with E-state index in [0.717, 1.165) is 25.7 Å². The van der Waals surface area contributed by atoms with Gasteiger partial charge < -0.3 is 148 Å². The summed E-state index contributed by atoms with van der Waals surface area (Å²) in [6, 6.07) is 0. The van der Waals surface area contributed by atoms with Crippen LogP contribution in [0, 0.1) is 50.2 Å². The van der Waals surface area contributed by atoms with Crippen molar-refractivity contribution in [2.75, 3.05) is 26.4 Å². The van der Waals surface area contributed by atoms with Crippen molar-refractivity contribution in [3.63, 3.8) is 0 Å². The van der Waals surface area contributed by atoms with Crippen molar-refractivity contribution in [2.45, 2.75) is 298 Å². The maximum atomic E-state index is 16.1. The molecule has 11 rings (SSSR count). The number of carbonyl (C=O) groups excluding carboxylic acids is 4. The summed E-state index contributed by atoms with van der Waals surface area (Å²) in [6.07, 6.45) is -45.2. The Labute approximate surface area is 581 Å². The Bertz CT molecular complexity index is 3010. The monoisotopic (exact) mass is 1450 g/mol. The number of allylic oxidation sites excluding steroid dienone is 2. The molecular formula is C67H102O34. The molecule has 10 fully saturated rings. The van der Waals surface area contributed by atoms with Crippen molar-refractivity contribution < 1.29 is 167 Å². The third-order valence-electron chi connectivity index (χ3n) is 25.0. The summed E-state index contributed by atoms with van der Waals surface area (Å²) in [5.41, 5.74) is -4.82. The molecule has 0 amide bonds. The van der Waals surface area contributed by atoms with Gasteiger partial charge in [-0.1, -0.05) is 53.2 Å². The highest BCUT2D eigenvalue weighted by Gasteiger charge is 2.73. The zero-order valence-corrected chi connectivity index (χ0v) is 57.8. The summed E-state index contributed by atoms with van der Waals surface area (Å²) >= 11 is 0. The number of esters is 3. The van der Waals surface area contributed by atoms with Crippen molar-refractivity contribution in [1.29, 1.82) is 0 Å². The van der Waals surface area contributed by atoms with Gasteiger partial charge >= 0.3 is 23.9 Å². The third kappa shape index (κ3) is 13.8. The number of carbonyl (C=O) groups is 5. The second-order valence-corrected chi connectivity index (χ2v) is 31.5. The van der Waals surface area contributed by atoms with Crippen LogP contribution in [0.25, 0.3) is 0 Å². The van der Waals surface area contributed by atoms with Crippen molar-refractivity contribution >= 4 is 30.2 Å². The number of ether oxygens (including phenoxy) is 14. The van der Waals surface area contributed by atoms with Crippen LogP contribution in [0.5, 0.6) is 0 Å². The summed E-state index contributed by atoms with van der Waals surface area (Å²) in [6.45, 7) is 13.4. The van der Waals surface area contributed by atoms with Crippen molar-refractivity contribution in [3.05, 3.63) is 11.6 Å². The highest BCUT2D eigenvalue weighted by molar-refractivity contribution is 5.80. The van der Waals surface area contributed by atoms with E-state index in [1.165, 1.54) is 6.92 Å². The minimum Gasteiger partial charge on any atom is -0.479 e.